The van der Waals surface area contributed by atoms with E-state index in [0.29, 0.717) is 22.6 Å². The molecule has 0 bridgehead atoms. The lowest BCUT2D eigenvalue weighted by Gasteiger charge is -2.09. The van der Waals surface area contributed by atoms with Crippen molar-refractivity contribution in [2.45, 2.75) is 5.92 Å². The second-order valence-corrected chi connectivity index (χ2v) is 3.95. The number of hydrogen-bond donors (Lipinski definition) is 1. The van der Waals surface area contributed by atoms with Crippen LogP contribution in [0, 0.1) is 0 Å². The molecule has 4 nitrogen and oxygen atoms in total. The molecule has 0 aromatic heterocycles. The molecule has 84 valence electrons. The fourth-order valence-corrected chi connectivity index (χ4v) is 2.18. The highest BCUT2D eigenvalue weighted by atomic mass is 16.5. The zero-order valence-electron chi connectivity index (χ0n) is 8.84. The zero-order valence-corrected chi connectivity index (χ0v) is 8.84. The molecule has 0 saturated heterocycles. The number of benzene rings is 1. The molecule has 1 aromatic carbocycles. The van der Waals surface area contributed by atoms with Gasteiger partial charge >= 0.3 is 0 Å². The number of allylic oxidation sites excluding steroid dienone is 4. The van der Waals surface area contributed by atoms with Gasteiger partial charge in [0.25, 0.3) is 5.91 Å². The molecule has 0 fully saturated rings. The lowest BCUT2D eigenvalue weighted by atomic mass is 9.90. The number of carbonyl (C=O) groups is 2. The van der Waals surface area contributed by atoms with Crippen molar-refractivity contribution in [1.82, 2.24) is 0 Å². The van der Waals surface area contributed by atoms with Crippen LogP contribution in [0.25, 0.3) is 0 Å². The number of carbonyl (C=O) groups excluding carboxylic acids is 2. The van der Waals surface area contributed by atoms with Crippen molar-refractivity contribution in [2.75, 3.05) is 0 Å². The predicted octanol–water partition coefficient (Wildman–Crippen LogP) is 1.28. The van der Waals surface area contributed by atoms with Crippen LogP contribution in [0.4, 0.5) is 0 Å². The van der Waals surface area contributed by atoms with E-state index in [4.69, 9.17) is 10.5 Å². The normalized spacial score (nSPS) is 20.4. The summed E-state index contributed by atoms with van der Waals surface area (Å²) >= 11 is 0. The number of ether oxygens (including phenoxy) is 1. The van der Waals surface area contributed by atoms with Gasteiger partial charge in [-0.25, -0.2) is 0 Å². The van der Waals surface area contributed by atoms with Gasteiger partial charge in [0.15, 0.2) is 5.78 Å². The zero-order chi connectivity index (χ0) is 12.0. The molecule has 1 aromatic rings. The minimum atomic E-state index is -0.554. The minimum absolute atomic E-state index is 0.0390. The van der Waals surface area contributed by atoms with Crippen molar-refractivity contribution in [3.05, 3.63) is 53.3 Å². The van der Waals surface area contributed by atoms with Crippen molar-refractivity contribution in [3.63, 3.8) is 0 Å². The van der Waals surface area contributed by atoms with Crippen LogP contribution in [0.5, 0.6) is 5.75 Å². The first kappa shape index (κ1) is 9.84. The summed E-state index contributed by atoms with van der Waals surface area (Å²) in [6.07, 6.45) is 4.88. The number of primary amides is 1. The molecular formula is C13H9NO3. The fourth-order valence-electron chi connectivity index (χ4n) is 2.18. The standard InChI is InChI=1S/C13H9NO3/c14-13(16)8-4-1-3-7-11-9(15)5-2-6-10(11)17-12(7)8/h1-6,11H,(H2,14,16). The molecular weight excluding hydrogens is 218 g/mol. The Kier molecular flexibility index (Phi) is 1.92. The third kappa shape index (κ3) is 1.30. The fraction of sp³-hybridized carbons (Fsp3) is 0.0769. The summed E-state index contributed by atoms with van der Waals surface area (Å²) in [7, 11) is 0. The van der Waals surface area contributed by atoms with Gasteiger partial charge in [-0.2, -0.15) is 0 Å². The summed E-state index contributed by atoms with van der Waals surface area (Å²) in [6, 6.07) is 5.08. The van der Waals surface area contributed by atoms with Crippen LogP contribution in [-0.2, 0) is 4.79 Å². The summed E-state index contributed by atoms with van der Waals surface area (Å²) in [6.45, 7) is 0. The second kappa shape index (κ2) is 3.31. The van der Waals surface area contributed by atoms with E-state index in [9.17, 15) is 9.59 Å². The third-order valence-corrected chi connectivity index (χ3v) is 2.93. The molecule has 0 saturated carbocycles. The highest BCUT2D eigenvalue weighted by molar-refractivity contribution is 6.03. The Morgan fingerprint density at radius 1 is 1.35 bits per heavy atom. The smallest absolute Gasteiger partial charge is 0.252 e. The quantitative estimate of drug-likeness (QED) is 0.785. The van der Waals surface area contributed by atoms with E-state index in [1.807, 2.05) is 0 Å². The van der Waals surface area contributed by atoms with Gasteiger partial charge in [-0.05, 0) is 18.2 Å². The van der Waals surface area contributed by atoms with Crippen molar-refractivity contribution < 1.29 is 14.3 Å². The topological polar surface area (TPSA) is 69.4 Å². The molecule has 2 aliphatic rings. The lowest BCUT2D eigenvalue weighted by molar-refractivity contribution is -0.115. The Balaban J connectivity index is 2.20. The monoisotopic (exact) mass is 227 g/mol. The van der Waals surface area contributed by atoms with E-state index in [-0.39, 0.29) is 5.78 Å². The van der Waals surface area contributed by atoms with Gasteiger partial charge in [0.1, 0.15) is 17.4 Å². The third-order valence-electron chi connectivity index (χ3n) is 2.93. The molecule has 0 spiro atoms. The molecule has 0 radical (unpaired) electrons. The molecule has 3 rings (SSSR count). The maximum absolute atomic E-state index is 11.8. The van der Waals surface area contributed by atoms with E-state index in [0.717, 1.165) is 0 Å². The molecule has 1 aliphatic heterocycles. The van der Waals surface area contributed by atoms with Crippen molar-refractivity contribution in [2.24, 2.45) is 5.73 Å². The first-order chi connectivity index (χ1) is 8.18. The Labute approximate surface area is 97.4 Å². The number of hydrogen-bond acceptors (Lipinski definition) is 3. The van der Waals surface area contributed by atoms with E-state index in [1.54, 1.807) is 30.4 Å². The van der Waals surface area contributed by atoms with Gasteiger partial charge < -0.3 is 10.5 Å². The van der Waals surface area contributed by atoms with E-state index < -0.39 is 11.8 Å². The first-order valence-electron chi connectivity index (χ1n) is 5.21. The van der Waals surface area contributed by atoms with Crippen LogP contribution in [0.3, 0.4) is 0 Å². The van der Waals surface area contributed by atoms with Crippen LogP contribution in [-0.4, -0.2) is 11.7 Å². The Bertz CT molecular complexity index is 599. The SMILES string of the molecule is NC(=O)c1cccc2c1OC1=CC=CC(=O)C12. The van der Waals surface area contributed by atoms with E-state index in [2.05, 4.69) is 0 Å². The van der Waals surface area contributed by atoms with Crippen LogP contribution >= 0.6 is 0 Å². The maximum Gasteiger partial charge on any atom is 0.252 e. The first-order valence-corrected chi connectivity index (χ1v) is 5.21. The summed E-state index contributed by atoms with van der Waals surface area (Å²) in [5.74, 6) is -0.0480. The van der Waals surface area contributed by atoms with Gasteiger partial charge in [-0.3, -0.25) is 9.59 Å². The highest BCUT2D eigenvalue weighted by Crippen LogP contribution is 2.44. The highest BCUT2D eigenvalue weighted by Gasteiger charge is 2.37. The molecule has 4 heteroatoms. The van der Waals surface area contributed by atoms with Crippen LogP contribution in [0.1, 0.15) is 21.8 Å². The Morgan fingerprint density at radius 2 is 2.18 bits per heavy atom. The Hall–Kier alpha value is -2.36. The molecule has 1 aliphatic carbocycles. The van der Waals surface area contributed by atoms with Gasteiger partial charge in [0.05, 0.1) is 5.56 Å². The summed E-state index contributed by atoms with van der Waals surface area (Å²) in [5, 5.41) is 0. The Morgan fingerprint density at radius 3 is 2.94 bits per heavy atom. The summed E-state index contributed by atoms with van der Waals surface area (Å²) in [5.41, 5.74) is 6.29. The number of amides is 1. The van der Waals surface area contributed by atoms with Gasteiger partial charge in [-0.1, -0.05) is 18.2 Å². The van der Waals surface area contributed by atoms with Crippen LogP contribution < -0.4 is 10.5 Å². The minimum Gasteiger partial charge on any atom is -0.459 e. The van der Waals surface area contributed by atoms with Crippen molar-refractivity contribution >= 4 is 11.7 Å². The van der Waals surface area contributed by atoms with Gasteiger partial charge in [0, 0.05) is 5.56 Å². The maximum atomic E-state index is 11.8. The molecule has 1 atom stereocenters. The van der Waals surface area contributed by atoms with Crippen LogP contribution in [0.2, 0.25) is 0 Å². The average molecular weight is 227 g/mol. The predicted molar refractivity (Wildman–Crippen MR) is 60.6 cm³/mol. The van der Waals surface area contributed by atoms with E-state index in [1.165, 1.54) is 6.08 Å². The molecule has 1 amide bonds. The lowest BCUT2D eigenvalue weighted by Crippen LogP contribution is -2.12. The molecule has 17 heavy (non-hydrogen) atoms. The molecule has 1 unspecified atom stereocenters. The molecule has 1 heterocycles. The summed E-state index contributed by atoms with van der Waals surface area (Å²) in [4.78, 5) is 23.1. The molecule has 2 N–H and O–H groups in total. The summed E-state index contributed by atoms with van der Waals surface area (Å²) < 4.78 is 5.56. The van der Waals surface area contributed by atoms with Crippen molar-refractivity contribution in [3.8, 4) is 5.75 Å². The number of rotatable bonds is 1. The van der Waals surface area contributed by atoms with E-state index >= 15 is 0 Å². The van der Waals surface area contributed by atoms with Gasteiger partial charge in [-0.15, -0.1) is 0 Å². The number of fused-ring (bicyclic) bond motifs is 3. The van der Waals surface area contributed by atoms with Crippen molar-refractivity contribution in [1.29, 1.82) is 0 Å². The number of ketones is 1. The van der Waals surface area contributed by atoms with Gasteiger partial charge in [0.2, 0.25) is 0 Å². The average Bonchev–Trinajstić information content (AvgIpc) is 2.67. The number of nitrogens with two attached hydrogens (primary N) is 1. The second-order valence-electron chi connectivity index (χ2n) is 3.95. The number of para-hydroxylation sites is 1. The van der Waals surface area contributed by atoms with Crippen LogP contribution in [0.15, 0.2) is 42.2 Å². The largest absolute Gasteiger partial charge is 0.459 e.